The van der Waals surface area contributed by atoms with Gasteiger partial charge in [0.25, 0.3) is 5.69 Å². The molecule has 0 amide bonds. The highest BCUT2D eigenvalue weighted by Crippen LogP contribution is 2.35. The van der Waals surface area contributed by atoms with Crippen LogP contribution < -0.4 is 0 Å². The number of carbonyl (C=O) groups excluding carboxylic acids is 1. The summed E-state index contributed by atoms with van der Waals surface area (Å²) < 4.78 is 4.74. The van der Waals surface area contributed by atoms with Gasteiger partial charge in [-0.3, -0.25) is 10.1 Å². The molecule has 2 aromatic rings. The molecule has 6 nitrogen and oxygen atoms in total. The first-order valence-corrected chi connectivity index (χ1v) is 6.41. The fourth-order valence-electron chi connectivity index (χ4n) is 2.27. The Bertz CT molecular complexity index is 778. The highest BCUT2D eigenvalue weighted by atomic mass is 16.6. The topological polar surface area (TPSA) is 93.2 Å². The van der Waals surface area contributed by atoms with E-state index in [1.807, 2.05) is 6.07 Å². The van der Waals surface area contributed by atoms with Crippen LogP contribution in [0.15, 0.2) is 42.5 Å². The van der Waals surface area contributed by atoms with E-state index >= 15 is 0 Å². The van der Waals surface area contributed by atoms with E-state index in [1.54, 1.807) is 30.3 Å². The number of hydrogen-bond donors (Lipinski definition) is 0. The van der Waals surface area contributed by atoms with Crippen LogP contribution in [0.5, 0.6) is 0 Å². The quantitative estimate of drug-likeness (QED) is 0.491. The number of rotatable bonds is 4. The molecule has 2 rings (SSSR count). The summed E-state index contributed by atoms with van der Waals surface area (Å²) in [5.74, 6) is -0.604. The van der Waals surface area contributed by atoms with Gasteiger partial charge in [-0.05, 0) is 17.7 Å². The number of benzene rings is 2. The third kappa shape index (κ3) is 2.79. The van der Waals surface area contributed by atoms with Gasteiger partial charge in [-0.15, -0.1) is 0 Å². The SMILES string of the molecule is COC(=O)c1cccc(CC#N)c1-c1ccccc1[N+](=O)[O-]. The maximum atomic E-state index is 12.0. The Morgan fingerprint density at radius 3 is 2.64 bits per heavy atom. The van der Waals surface area contributed by atoms with E-state index in [2.05, 4.69) is 0 Å². The van der Waals surface area contributed by atoms with E-state index in [4.69, 9.17) is 10.00 Å². The molecule has 0 bridgehead atoms. The van der Waals surface area contributed by atoms with Crippen molar-refractivity contribution in [3.8, 4) is 17.2 Å². The number of ether oxygens (including phenoxy) is 1. The van der Waals surface area contributed by atoms with Crippen LogP contribution >= 0.6 is 0 Å². The maximum Gasteiger partial charge on any atom is 0.338 e. The summed E-state index contributed by atoms with van der Waals surface area (Å²) in [5.41, 5.74) is 1.27. The minimum absolute atomic E-state index is 0.0339. The first-order chi connectivity index (χ1) is 10.6. The van der Waals surface area contributed by atoms with Crippen LogP contribution in [-0.2, 0) is 11.2 Å². The standard InChI is InChI=1S/C16H12N2O4/c1-22-16(19)13-7-4-5-11(9-10-17)15(13)12-6-2-3-8-14(12)18(20)21/h2-8H,9H2,1H3. The zero-order valence-corrected chi connectivity index (χ0v) is 11.8. The summed E-state index contributed by atoms with van der Waals surface area (Å²) >= 11 is 0. The fourth-order valence-corrected chi connectivity index (χ4v) is 2.27. The molecule has 22 heavy (non-hydrogen) atoms. The highest BCUT2D eigenvalue weighted by Gasteiger charge is 2.23. The van der Waals surface area contributed by atoms with Crippen molar-refractivity contribution in [2.75, 3.05) is 7.11 Å². The Hall–Kier alpha value is -3.20. The van der Waals surface area contributed by atoms with Crippen LogP contribution in [0.4, 0.5) is 5.69 Å². The molecule has 0 aliphatic carbocycles. The van der Waals surface area contributed by atoms with Crippen LogP contribution in [-0.4, -0.2) is 18.0 Å². The number of methoxy groups -OCH3 is 1. The second-order valence-corrected chi connectivity index (χ2v) is 4.44. The number of carbonyl (C=O) groups is 1. The monoisotopic (exact) mass is 296 g/mol. The van der Waals surface area contributed by atoms with Crippen LogP contribution in [0.3, 0.4) is 0 Å². The van der Waals surface area contributed by atoms with Gasteiger partial charge in [-0.1, -0.05) is 24.3 Å². The van der Waals surface area contributed by atoms with Gasteiger partial charge < -0.3 is 4.74 Å². The van der Waals surface area contributed by atoms with E-state index < -0.39 is 10.9 Å². The molecule has 0 fully saturated rings. The zero-order chi connectivity index (χ0) is 16.1. The number of nitro benzene ring substituents is 1. The summed E-state index contributed by atoms with van der Waals surface area (Å²) in [6.45, 7) is 0. The average Bonchev–Trinajstić information content (AvgIpc) is 2.54. The second-order valence-electron chi connectivity index (χ2n) is 4.44. The Balaban J connectivity index is 2.81. The number of nitriles is 1. The Morgan fingerprint density at radius 1 is 1.27 bits per heavy atom. The lowest BCUT2D eigenvalue weighted by atomic mass is 9.92. The van der Waals surface area contributed by atoms with Crippen molar-refractivity contribution in [2.45, 2.75) is 6.42 Å². The van der Waals surface area contributed by atoms with Crippen molar-refractivity contribution >= 4 is 11.7 Å². The van der Waals surface area contributed by atoms with Gasteiger partial charge in [0.2, 0.25) is 0 Å². The Labute approximate surface area is 126 Å². The normalized spacial score (nSPS) is 9.82. The van der Waals surface area contributed by atoms with Crippen LogP contribution in [0, 0.1) is 21.4 Å². The molecular formula is C16H12N2O4. The number of esters is 1. The lowest BCUT2D eigenvalue weighted by Gasteiger charge is -2.12. The summed E-state index contributed by atoms with van der Waals surface area (Å²) in [7, 11) is 1.24. The van der Waals surface area contributed by atoms with Crippen molar-refractivity contribution in [3.63, 3.8) is 0 Å². The van der Waals surface area contributed by atoms with Gasteiger partial charge in [0.15, 0.2) is 0 Å². The molecule has 0 saturated carbocycles. The van der Waals surface area contributed by atoms with Crippen LogP contribution in [0.25, 0.3) is 11.1 Å². The minimum atomic E-state index is -0.604. The van der Waals surface area contributed by atoms with Gasteiger partial charge in [0.1, 0.15) is 0 Å². The third-order valence-corrected chi connectivity index (χ3v) is 3.20. The van der Waals surface area contributed by atoms with Gasteiger partial charge in [0.05, 0.1) is 35.7 Å². The predicted molar refractivity (Wildman–Crippen MR) is 79.2 cm³/mol. The van der Waals surface area contributed by atoms with E-state index in [-0.39, 0.29) is 17.7 Å². The zero-order valence-electron chi connectivity index (χ0n) is 11.8. The van der Waals surface area contributed by atoms with Crippen LogP contribution in [0.1, 0.15) is 15.9 Å². The average molecular weight is 296 g/mol. The number of para-hydroxylation sites is 1. The second kappa shape index (κ2) is 6.50. The van der Waals surface area contributed by atoms with Crippen molar-refractivity contribution in [3.05, 3.63) is 63.7 Å². The Kier molecular flexibility index (Phi) is 4.49. The van der Waals surface area contributed by atoms with E-state index in [0.29, 0.717) is 16.7 Å². The van der Waals surface area contributed by atoms with Gasteiger partial charge in [-0.25, -0.2) is 4.79 Å². The summed E-state index contributed by atoms with van der Waals surface area (Å²) in [6, 6.07) is 12.9. The fraction of sp³-hybridized carbons (Fsp3) is 0.125. The molecule has 0 spiro atoms. The molecule has 6 heteroatoms. The van der Waals surface area contributed by atoms with Gasteiger partial charge in [-0.2, -0.15) is 5.26 Å². The lowest BCUT2D eigenvalue weighted by Crippen LogP contribution is -2.06. The third-order valence-electron chi connectivity index (χ3n) is 3.20. The number of hydrogen-bond acceptors (Lipinski definition) is 5. The minimum Gasteiger partial charge on any atom is -0.465 e. The Morgan fingerprint density at radius 2 is 2.00 bits per heavy atom. The molecule has 0 saturated heterocycles. The molecular weight excluding hydrogens is 284 g/mol. The van der Waals surface area contributed by atoms with Gasteiger partial charge >= 0.3 is 5.97 Å². The molecule has 0 heterocycles. The van der Waals surface area contributed by atoms with E-state index in [1.165, 1.54) is 19.2 Å². The predicted octanol–water partition coefficient (Wildman–Crippen LogP) is 3.11. The summed E-state index contributed by atoms with van der Waals surface area (Å²) in [4.78, 5) is 22.7. The van der Waals surface area contributed by atoms with Crippen LogP contribution in [0.2, 0.25) is 0 Å². The molecule has 110 valence electrons. The van der Waals surface area contributed by atoms with E-state index in [0.717, 1.165) is 0 Å². The molecule has 0 atom stereocenters. The van der Waals surface area contributed by atoms with Crippen molar-refractivity contribution < 1.29 is 14.5 Å². The smallest absolute Gasteiger partial charge is 0.338 e. The first kappa shape index (κ1) is 15.2. The lowest BCUT2D eigenvalue weighted by molar-refractivity contribution is -0.384. The van der Waals surface area contributed by atoms with Crippen molar-refractivity contribution in [1.29, 1.82) is 5.26 Å². The molecule has 2 aromatic carbocycles. The molecule has 0 unspecified atom stereocenters. The highest BCUT2D eigenvalue weighted by molar-refractivity contribution is 5.99. The molecule has 0 aliphatic rings. The first-order valence-electron chi connectivity index (χ1n) is 6.41. The summed E-state index contributed by atoms with van der Waals surface area (Å²) in [6.07, 6.45) is 0.0339. The van der Waals surface area contributed by atoms with Crippen molar-refractivity contribution in [1.82, 2.24) is 0 Å². The van der Waals surface area contributed by atoms with Gasteiger partial charge in [0, 0.05) is 11.6 Å². The molecule has 0 N–H and O–H groups in total. The number of nitrogens with zero attached hydrogens (tertiary/aromatic N) is 2. The largest absolute Gasteiger partial charge is 0.465 e. The van der Waals surface area contributed by atoms with E-state index in [9.17, 15) is 14.9 Å². The number of nitro groups is 1. The van der Waals surface area contributed by atoms with Crippen molar-refractivity contribution in [2.24, 2.45) is 0 Å². The molecule has 0 aromatic heterocycles. The molecule has 0 aliphatic heterocycles. The summed E-state index contributed by atoms with van der Waals surface area (Å²) in [5, 5.41) is 20.2. The maximum absolute atomic E-state index is 12.0. The molecule has 0 radical (unpaired) electrons.